The maximum absolute atomic E-state index is 12.1. The molecule has 0 aliphatic heterocycles. The van der Waals surface area contributed by atoms with Gasteiger partial charge in [0.15, 0.2) is 0 Å². The van der Waals surface area contributed by atoms with Crippen LogP contribution in [0.1, 0.15) is 52.4 Å². The van der Waals surface area contributed by atoms with Crippen LogP contribution >= 0.6 is 0 Å². The van der Waals surface area contributed by atoms with E-state index in [1.54, 1.807) is 0 Å². The highest BCUT2D eigenvalue weighted by atomic mass is 16.4. The summed E-state index contributed by atoms with van der Waals surface area (Å²) in [6.45, 7) is 3.89. The van der Waals surface area contributed by atoms with Gasteiger partial charge in [-0.1, -0.05) is 31.3 Å². The number of oxime groups is 1. The number of amides is 1. The molecule has 1 atom stereocenters. The van der Waals surface area contributed by atoms with Crippen molar-refractivity contribution in [2.24, 2.45) is 16.3 Å². The number of carbonyl (C=O) groups is 1. The highest BCUT2D eigenvalue weighted by molar-refractivity contribution is 5.84. The molecular formula is C12H23N3O2. The molecule has 5 heteroatoms. The lowest BCUT2D eigenvalue weighted by atomic mass is 9.75. The van der Waals surface area contributed by atoms with Crippen LogP contribution < -0.4 is 11.1 Å². The molecule has 5 nitrogen and oxygen atoms in total. The Balaban J connectivity index is 2.47. The van der Waals surface area contributed by atoms with E-state index in [1.807, 2.05) is 13.8 Å². The van der Waals surface area contributed by atoms with Gasteiger partial charge >= 0.3 is 0 Å². The molecule has 1 amide bonds. The topological polar surface area (TPSA) is 87.7 Å². The number of nitrogens with one attached hydrogen (secondary N) is 1. The van der Waals surface area contributed by atoms with Crippen LogP contribution in [0.5, 0.6) is 0 Å². The zero-order chi connectivity index (χ0) is 12.9. The van der Waals surface area contributed by atoms with Gasteiger partial charge in [-0.3, -0.25) is 4.79 Å². The number of rotatable bonds is 4. The fourth-order valence-electron chi connectivity index (χ4n) is 2.36. The molecule has 0 heterocycles. The van der Waals surface area contributed by atoms with E-state index >= 15 is 0 Å². The first kappa shape index (κ1) is 13.8. The molecule has 0 saturated heterocycles. The maximum atomic E-state index is 12.1. The summed E-state index contributed by atoms with van der Waals surface area (Å²) in [7, 11) is 0. The number of carbonyl (C=O) groups excluding carboxylic acids is 1. The SMILES string of the molecule is CC(CC(N)=NO)NC(=O)C1(C)CCCCC1. The summed E-state index contributed by atoms with van der Waals surface area (Å²) < 4.78 is 0. The number of amidine groups is 1. The van der Waals surface area contributed by atoms with E-state index in [-0.39, 0.29) is 23.2 Å². The molecule has 1 rings (SSSR count). The Morgan fingerprint density at radius 2 is 2.06 bits per heavy atom. The van der Waals surface area contributed by atoms with Gasteiger partial charge in [-0.05, 0) is 19.8 Å². The van der Waals surface area contributed by atoms with Crippen molar-refractivity contribution in [3.63, 3.8) is 0 Å². The molecule has 1 unspecified atom stereocenters. The van der Waals surface area contributed by atoms with E-state index in [1.165, 1.54) is 6.42 Å². The zero-order valence-corrected chi connectivity index (χ0v) is 10.7. The lowest BCUT2D eigenvalue weighted by Gasteiger charge is -2.33. The highest BCUT2D eigenvalue weighted by Crippen LogP contribution is 2.35. The molecule has 0 aromatic rings. The van der Waals surface area contributed by atoms with Gasteiger partial charge in [0.25, 0.3) is 0 Å². The normalized spacial score (nSPS) is 21.9. The third-order valence-corrected chi connectivity index (χ3v) is 3.53. The van der Waals surface area contributed by atoms with Gasteiger partial charge in [0.05, 0.1) is 0 Å². The summed E-state index contributed by atoms with van der Waals surface area (Å²) in [4.78, 5) is 12.1. The highest BCUT2D eigenvalue weighted by Gasteiger charge is 2.34. The molecule has 1 aliphatic carbocycles. The van der Waals surface area contributed by atoms with Gasteiger partial charge < -0.3 is 16.3 Å². The van der Waals surface area contributed by atoms with E-state index in [9.17, 15) is 4.79 Å². The largest absolute Gasteiger partial charge is 0.409 e. The lowest BCUT2D eigenvalue weighted by Crippen LogP contribution is -2.45. The molecular weight excluding hydrogens is 218 g/mol. The number of nitrogens with zero attached hydrogens (tertiary/aromatic N) is 1. The molecule has 0 radical (unpaired) electrons. The first-order valence-corrected chi connectivity index (χ1v) is 6.25. The third-order valence-electron chi connectivity index (χ3n) is 3.53. The van der Waals surface area contributed by atoms with Crippen LogP contribution in [0.25, 0.3) is 0 Å². The summed E-state index contributed by atoms with van der Waals surface area (Å²) >= 11 is 0. The van der Waals surface area contributed by atoms with Crippen LogP contribution in [-0.4, -0.2) is 23.0 Å². The molecule has 0 bridgehead atoms. The third kappa shape index (κ3) is 3.91. The van der Waals surface area contributed by atoms with Gasteiger partial charge in [0, 0.05) is 17.9 Å². The second-order valence-electron chi connectivity index (χ2n) is 5.29. The van der Waals surface area contributed by atoms with Crippen molar-refractivity contribution in [1.82, 2.24) is 5.32 Å². The molecule has 1 saturated carbocycles. The number of hydrogen-bond donors (Lipinski definition) is 3. The van der Waals surface area contributed by atoms with Gasteiger partial charge in [0.1, 0.15) is 5.84 Å². The van der Waals surface area contributed by atoms with E-state index in [0.29, 0.717) is 6.42 Å². The smallest absolute Gasteiger partial charge is 0.226 e. The van der Waals surface area contributed by atoms with Crippen LogP contribution in [0.15, 0.2) is 5.16 Å². The average Bonchev–Trinajstić information content (AvgIpc) is 2.29. The Morgan fingerprint density at radius 1 is 1.47 bits per heavy atom. The summed E-state index contributed by atoms with van der Waals surface area (Å²) in [5.74, 6) is 0.238. The van der Waals surface area contributed by atoms with Crippen molar-refractivity contribution >= 4 is 11.7 Å². The number of hydrogen-bond acceptors (Lipinski definition) is 3. The van der Waals surface area contributed by atoms with Gasteiger partial charge in [-0.25, -0.2) is 0 Å². The quantitative estimate of drug-likeness (QED) is 0.302. The lowest BCUT2D eigenvalue weighted by molar-refractivity contribution is -0.132. The molecule has 17 heavy (non-hydrogen) atoms. The predicted octanol–water partition coefficient (Wildman–Crippen LogP) is 1.60. The number of nitrogens with two attached hydrogens (primary N) is 1. The van der Waals surface area contributed by atoms with Crippen molar-refractivity contribution in [1.29, 1.82) is 0 Å². The Morgan fingerprint density at radius 3 is 2.59 bits per heavy atom. The van der Waals surface area contributed by atoms with Crippen molar-refractivity contribution in [3.8, 4) is 0 Å². The minimum atomic E-state index is -0.238. The summed E-state index contributed by atoms with van der Waals surface area (Å²) in [5, 5.41) is 14.3. The second kappa shape index (κ2) is 5.89. The molecule has 0 aromatic carbocycles. The Bertz CT molecular complexity index is 296. The van der Waals surface area contributed by atoms with Crippen molar-refractivity contribution in [2.45, 2.75) is 58.4 Å². The maximum Gasteiger partial charge on any atom is 0.226 e. The van der Waals surface area contributed by atoms with E-state index in [0.717, 1.165) is 25.7 Å². The molecule has 0 spiro atoms. The van der Waals surface area contributed by atoms with Crippen LogP contribution in [0.4, 0.5) is 0 Å². The molecule has 98 valence electrons. The molecule has 1 aliphatic rings. The molecule has 4 N–H and O–H groups in total. The van der Waals surface area contributed by atoms with Crippen molar-refractivity contribution in [3.05, 3.63) is 0 Å². The summed E-state index contributed by atoms with van der Waals surface area (Å²) in [5.41, 5.74) is 5.17. The predicted molar refractivity (Wildman–Crippen MR) is 66.8 cm³/mol. The summed E-state index contributed by atoms with van der Waals surface area (Å²) in [6.07, 6.45) is 5.75. The van der Waals surface area contributed by atoms with E-state index in [4.69, 9.17) is 10.9 Å². The van der Waals surface area contributed by atoms with Gasteiger partial charge in [-0.2, -0.15) is 0 Å². The molecule has 0 aromatic heterocycles. The Kier molecular flexibility index (Phi) is 4.78. The van der Waals surface area contributed by atoms with Gasteiger partial charge in [0.2, 0.25) is 5.91 Å². The fourth-order valence-corrected chi connectivity index (χ4v) is 2.36. The standard InChI is InChI=1S/C12H23N3O2/c1-9(8-10(13)15-17)14-11(16)12(2)6-4-3-5-7-12/h9,17H,3-8H2,1-2H3,(H2,13,15)(H,14,16). The molecule has 1 fully saturated rings. The van der Waals surface area contributed by atoms with E-state index < -0.39 is 0 Å². The zero-order valence-electron chi connectivity index (χ0n) is 10.7. The van der Waals surface area contributed by atoms with E-state index in [2.05, 4.69) is 10.5 Å². The summed E-state index contributed by atoms with van der Waals surface area (Å²) in [6, 6.07) is -0.0999. The first-order chi connectivity index (χ1) is 7.98. The van der Waals surface area contributed by atoms with Crippen molar-refractivity contribution in [2.75, 3.05) is 0 Å². The minimum absolute atomic E-state index is 0.0930. The van der Waals surface area contributed by atoms with Crippen molar-refractivity contribution < 1.29 is 10.0 Å². The van der Waals surface area contributed by atoms with Crippen LogP contribution in [0.3, 0.4) is 0 Å². The Hall–Kier alpha value is -1.26. The fraction of sp³-hybridized carbons (Fsp3) is 0.833. The second-order valence-corrected chi connectivity index (χ2v) is 5.29. The van der Waals surface area contributed by atoms with Gasteiger partial charge in [-0.15, -0.1) is 0 Å². The monoisotopic (exact) mass is 241 g/mol. The van der Waals surface area contributed by atoms with Crippen LogP contribution in [-0.2, 0) is 4.79 Å². The van der Waals surface area contributed by atoms with Crippen LogP contribution in [0.2, 0.25) is 0 Å². The van der Waals surface area contributed by atoms with Crippen LogP contribution in [0, 0.1) is 5.41 Å². The Labute approximate surface area is 102 Å². The average molecular weight is 241 g/mol. The first-order valence-electron chi connectivity index (χ1n) is 6.25. The minimum Gasteiger partial charge on any atom is -0.409 e.